The van der Waals surface area contributed by atoms with Crippen molar-refractivity contribution in [3.8, 4) is 0 Å². The van der Waals surface area contributed by atoms with Gasteiger partial charge in [0.2, 0.25) is 0 Å². The van der Waals surface area contributed by atoms with Crippen LogP contribution in [0, 0.1) is 0 Å². The fourth-order valence-corrected chi connectivity index (χ4v) is 0. The van der Waals surface area contributed by atoms with E-state index in [1.54, 1.807) is 0 Å². The van der Waals surface area contributed by atoms with Crippen molar-refractivity contribution in [3.63, 3.8) is 0 Å². The van der Waals surface area contributed by atoms with Crippen molar-refractivity contribution in [2.75, 3.05) is 0 Å². The van der Waals surface area contributed by atoms with Crippen LogP contribution in [0.3, 0.4) is 0 Å². The van der Waals surface area contributed by atoms with Crippen LogP contribution in [-0.2, 0) is 30.6 Å². The molecule has 0 atom stereocenters. The Kier molecular flexibility index (Phi) is 79.1. The summed E-state index contributed by atoms with van der Waals surface area (Å²) in [6, 6.07) is 0. The Balaban J connectivity index is -0.00000000500. The zero-order valence-corrected chi connectivity index (χ0v) is 10.1. The van der Waals surface area contributed by atoms with E-state index >= 15 is 0 Å². The van der Waals surface area contributed by atoms with Crippen LogP contribution in [0.2, 0.25) is 0 Å². The van der Waals surface area contributed by atoms with Crippen molar-refractivity contribution in [1.82, 2.24) is 0 Å². The zero-order chi connectivity index (χ0) is 2.00. The summed E-state index contributed by atoms with van der Waals surface area (Å²) in [5, 5.41) is 0. The van der Waals surface area contributed by atoms with E-state index in [0.29, 0.717) is 0 Å². The van der Waals surface area contributed by atoms with Gasteiger partial charge in [-0.3, -0.25) is 0 Å². The van der Waals surface area contributed by atoms with Crippen molar-refractivity contribution in [2.24, 2.45) is 0 Å². The first-order valence-corrected chi connectivity index (χ1v) is 1.60. The number of hydrogen-bond acceptors (Lipinski definition) is 1. The van der Waals surface area contributed by atoms with Gasteiger partial charge in [-0.2, -0.15) is 0 Å². The minimum absolute atomic E-state index is 0. The molecule has 31 valence electrons. The van der Waals surface area contributed by atoms with Gasteiger partial charge in [0.25, 0.3) is 0 Å². The van der Waals surface area contributed by atoms with Crippen LogP contribution >= 0.6 is 10.7 Å². The van der Waals surface area contributed by atoms with Gasteiger partial charge in [0.1, 0.15) is 0 Å². The van der Waals surface area contributed by atoms with E-state index in [-0.39, 0.29) is 44.1 Å². The van der Waals surface area contributed by atoms with E-state index in [2.05, 4.69) is 24.5 Å². The van der Waals surface area contributed by atoms with Crippen LogP contribution < -0.4 is 0 Å². The molecule has 0 aliphatic rings. The van der Waals surface area contributed by atoms with E-state index in [4.69, 9.17) is 0 Å². The number of rotatable bonds is 0. The van der Waals surface area contributed by atoms with Gasteiger partial charge in [0.05, 0.1) is 0 Å². The summed E-state index contributed by atoms with van der Waals surface area (Å²) in [5.74, 6) is 0. The van der Waals surface area contributed by atoms with Gasteiger partial charge in [-0.1, -0.05) is 0 Å². The quantitative estimate of drug-likeness (QED) is 0.537. The SMILES string of the molecule is [Co].[PbH2].[S]=[Ni]. The summed E-state index contributed by atoms with van der Waals surface area (Å²) in [4.78, 5) is 0. The molecule has 0 aromatic heterocycles. The first-order valence-electron chi connectivity index (χ1n) is 0.129. The Morgan fingerprint density at radius 2 is 1.25 bits per heavy atom. The van der Waals surface area contributed by atoms with Gasteiger partial charge in [0.15, 0.2) is 0 Å². The third-order valence-electron chi connectivity index (χ3n) is 0. The first-order chi connectivity index (χ1) is 1.00. The molecule has 0 aliphatic carbocycles. The van der Waals surface area contributed by atoms with Crippen molar-refractivity contribution in [2.45, 2.75) is 0 Å². The molecule has 4 heteroatoms. The van der Waals surface area contributed by atoms with Gasteiger partial charge >= 0.3 is 51.8 Å². The first kappa shape index (κ1) is 16.4. The molecule has 0 unspecified atom stereocenters. The van der Waals surface area contributed by atoms with Gasteiger partial charge in [-0.25, -0.2) is 0 Å². The molecule has 0 heterocycles. The topological polar surface area (TPSA) is 0 Å². The van der Waals surface area contributed by atoms with Gasteiger partial charge in [-0.15, -0.1) is 0 Å². The zero-order valence-electron chi connectivity index (χ0n) is 1.76. The molecular weight excluding hydrogens is 357 g/mol. The standard InChI is InChI=1S/Co.Ni.Pb.S.2H. The van der Waals surface area contributed by atoms with E-state index < -0.39 is 0 Å². The average molecular weight is 359 g/mol. The van der Waals surface area contributed by atoms with Crippen LogP contribution in [-0.4, -0.2) is 27.3 Å². The molecule has 4 heavy (non-hydrogen) atoms. The van der Waals surface area contributed by atoms with Gasteiger partial charge in [-0.05, 0) is 0 Å². The second kappa shape index (κ2) is 19.2. The minimum atomic E-state index is 0. The second-order valence-corrected chi connectivity index (χ2v) is 0. The van der Waals surface area contributed by atoms with E-state index in [9.17, 15) is 0 Å². The molecule has 0 nitrogen and oxygen atoms in total. The van der Waals surface area contributed by atoms with Crippen molar-refractivity contribution in [1.29, 1.82) is 0 Å². The molecule has 3 radical (unpaired) electrons. The Morgan fingerprint density at radius 1 is 1.25 bits per heavy atom. The molecule has 0 spiro atoms. The summed E-state index contributed by atoms with van der Waals surface area (Å²) in [5.41, 5.74) is 0. The van der Waals surface area contributed by atoms with Gasteiger partial charge in [0, 0.05) is 16.8 Å². The van der Waals surface area contributed by atoms with E-state index in [1.807, 2.05) is 0 Å². The van der Waals surface area contributed by atoms with Crippen LogP contribution in [0.1, 0.15) is 0 Å². The summed E-state index contributed by atoms with van der Waals surface area (Å²) < 4.78 is 0. The Morgan fingerprint density at radius 3 is 1.25 bits per heavy atom. The van der Waals surface area contributed by atoms with Crippen LogP contribution in [0.4, 0.5) is 0 Å². The maximum absolute atomic E-state index is 3.71. The molecule has 0 saturated heterocycles. The van der Waals surface area contributed by atoms with Crippen LogP contribution in [0.5, 0.6) is 0 Å². The fraction of sp³-hybridized carbons (Fsp3) is 0. The third-order valence-corrected chi connectivity index (χ3v) is 0. The Hall–Kier alpha value is 2.14. The summed E-state index contributed by atoms with van der Waals surface area (Å²) in [7, 11) is 3.71. The molecule has 0 aromatic carbocycles. The van der Waals surface area contributed by atoms with Crippen LogP contribution in [0.25, 0.3) is 0 Å². The van der Waals surface area contributed by atoms with E-state index in [0.717, 1.165) is 0 Å². The molecular formula is H2CoNiPbS. The molecule has 0 N–H and O–H groups in total. The normalized spacial score (nSPS) is 1.50. The molecule has 0 rings (SSSR count). The second-order valence-electron chi connectivity index (χ2n) is 0. The summed E-state index contributed by atoms with van der Waals surface area (Å²) in [6.45, 7) is 0. The summed E-state index contributed by atoms with van der Waals surface area (Å²) >= 11 is 3.46. The molecule has 0 bridgehead atoms. The van der Waals surface area contributed by atoms with Crippen molar-refractivity contribution >= 4 is 38.0 Å². The van der Waals surface area contributed by atoms with Crippen LogP contribution in [0.15, 0.2) is 0 Å². The molecule has 0 aliphatic heterocycles. The Bertz CT molecular complexity index is 8.00. The van der Waals surface area contributed by atoms with Crippen molar-refractivity contribution < 1.29 is 30.6 Å². The molecule has 0 amide bonds. The molecule has 0 aromatic rings. The third kappa shape index (κ3) is 8.91. The van der Waals surface area contributed by atoms with Crippen molar-refractivity contribution in [3.05, 3.63) is 0 Å². The Labute approximate surface area is 67.7 Å². The molecule has 0 fully saturated rings. The fourth-order valence-electron chi connectivity index (χ4n) is 0. The molecule has 0 saturated carbocycles. The predicted octanol–water partition coefficient (Wildman–Crippen LogP) is -0.273. The maximum atomic E-state index is 3.71. The van der Waals surface area contributed by atoms with E-state index in [1.165, 1.54) is 0 Å². The summed E-state index contributed by atoms with van der Waals surface area (Å²) in [6.07, 6.45) is 0. The van der Waals surface area contributed by atoms with Gasteiger partial charge < -0.3 is 0 Å². The average Bonchev–Trinajstić information content (AvgIpc) is 1.00. The predicted molar refractivity (Wildman–Crippen MR) is 16.1 cm³/mol. The monoisotopic (exact) mass is 359 g/mol. The number of hydrogen-bond donors (Lipinski definition) is 0.